The molecule has 5 heteroatoms. The Bertz CT molecular complexity index is 931. The molecule has 1 aliphatic heterocycles. The van der Waals surface area contributed by atoms with Gasteiger partial charge in [-0.05, 0) is 36.1 Å². The summed E-state index contributed by atoms with van der Waals surface area (Å²) in [5.74, 6) is -1.96. The highest BCUT2D eigenvalue weighted by atomic mass is 16.6. The second kappa shape index (κ2) is 5.27. The summed E-state index contributed by atoms with van der Waals surface area (Å²) in [6.07, 6.45) is -0.714. The van der Waals surface area contributed by atoms with Gasteiger partial charge in [0, 0.05) is 5.92 Å². The van der Waals surface area contributed by atoms with Crippen LogP contribution >= 0.6 is 0 Å². The summed E-state index contributed by atoms with van der Waals surface area (Å²) in [4.78, 5) is 25.8. The Balaban J connectivity index is 1.91. The van der Waals surface area contributed by atoms with Gasteiger partial charge in [-0.25, -0.2) is 0 Å². The molecule has 3 atom stereocenters. The van der Waals surface area contributed by atoms with Gasteiger partial charge in [0.05, 0.1) is 18.6 Å². The summed E-state index contributed by atoms with van der Waals surface area (Å²) >= 11 is 0. The van der Waals surface area contributed by atoms with Gasteiger partial charge in [0.1, 0.15) is 11.0 Å². The van der Waals surface area contributed by atoms with Crippen molar-refractivity contribution in [2.24, 2.45) is 11.3 Å². The first kappa shape index (κ1) is 16.7. The van der Waals surface area contributed by atoms with Crippen LogP contribution in [-0.2, 0) is 24.7 Å². The van der Waals surface area contributed by atoms with E-state index in [1.165, 1.54) is 0 Å². The summed E-state index contributed by atoms with van der Waals surface area (Å²) in [5, 5.41) is 9.94. The van der Waals surface area contributed by atoms with Gasteiger partial charge in [-0.1, -0.05) is 48.5 Å². The Morgan fingerprint density at radius 3 is 2.19 bits per heavy atom. The molecule has 4 aliphatic rings. The molecule has 138 valence electrons. The van der Waals surface area contributed by atoms with Crippen molar-refractivity contribution in [1.29, 1.82) is 0 Å². The van der Waals surface area contributed by atoms with Gasteiger partial charge in [0.25, 0.3) is 0 Å². The smallest absolute Gasteiger partial charge is 0.324 e. The third-order valence-electron chi connectivity index (χ3n) is 6.45. The molecule has 1 heterocycles. The fourth-order valence-corrected chi connectivity index (χ4v) is 5.42. The second-order valence-corrected chi connectivity index (χ2v) is 7.88. The lowest BCUT2D eigenvalue weighted by molar-refractivity contribution is -0.178. The highest BCUT2D eigenvalue weighted by Crippen LogP contribution is 2.69. The molecule has 0 saturated carbocycles. The quantitative estimate of drug-likeness (QED) is 0.669. The molecule has 1 saturated heterocycles. The van der Waals surface area contributed by atoms with Crippen LogP contribution in [0, 0.1) is 11.3 Å². The molecule has 2 aromatic carbocycles. The molecular weight excluding hydrogens is 344 g/mol. The van der Waals surface area contributed by atoms with E-state index < -0.39 is 35.0 Å². The molecular formula is C22H20O5. The topological polar surface area (TPSA) is 72.8 Å². The number of esters is 2. The molecule has 2 bridgehead atoms. The predicted octanol–water partition coefficient (Wildman–Crippen LogP) is 2.49. The molecule has 3 unspecified atom stereocenters. The molecule has 0 aromatic heterocycles. The SMILES string of the molecule is CC(O)COC12c3ccccc3C(c3ccccc31)C1C(=O)OC(=O)C12C. The zero-order valence-corrected chi connectivity index (χ0v) is 15.1. The fraction of sp³-hybridized carbons (Fsp3) is 0.364. The highest BCUT2D eigenvalue weighted by Gasteiger charge is 2.75. The van der Waals surface area contributed by atoms with E-state index >= 15 is 0 Å². The van der Waals surface area contributed by atoms with E-state index in [1.807, 2.05) is 48.5 Å². The van der Waals surface area contributed by atoms with E-state index in [2.05, 4.69) is 0 Å². The molecule has 1 N–H and O–H groups in total. The van der Waals surface area contributed by atoms with E-state index in [-0.39, 0.29) is 12.5 Å². The number of benzene rings is 2. The number of cyclic esters (lactones) is 2. The lowest BCUT2D eigenvalue weighted by Gasteiger charge is -2.58. The van der Waals surface area contributed by atoms with Crippen LogP contribution < -0.4 is 0 Å². The Labute approximate surface area is 156 Å². The molecule has 3 aliphatic carbocycles. The third-order valence-corrected chi connectivity index (χ3v) is 6.45. The number of aliphatic hydroxyl groups is 1. The Morgan fingerprint density at radius 2 is 1.63 bits per heavy atom. The van der Waals surface area contributed by atoms with E-state index in [1.54, 1.807) is 13.8 Å². The standard InChI is InChI=1S/C22H20O5/c1-12(23)11-26-22-15-9-5-3-7-13(15)17(14-8-4-6-10-16(14)22)18-19(24)27-20(25)21(18,22)2/h3-10,12,17-18,23H,11H2,1-2H3. The monoisotopic (exact) mass is 364 g/mol. The first-order valence-electron chi connectivity index (χ1n) is 9.20. The zero-order chi connectivity index (χ0) is 19.0. The summed E-state index contributed by atoms with van der Waals surface area (Å²) in [6, 6.07) is 15.6. The molecule has 2 aromatic rings. The molecule has 5 nitrogen and oxygen atoms in total. The second-order valence-electron chi connectivity index (χ2n) is 7.88. The number of hydrogen-bond donors (Lipinski definition) is 1. The maximum absolute atomic E-state index is 13.0. The van der Waals surface area contributed by atoms with E-state index in [0.717, 1.165) is 22.3 Å². The summed E-state index contributed by atoms with van der Waals surface area (Å²) in [5.41, 5.74) is 1.35. The molecule has 6 rings (SSSR count). The maximum Gasteiger partial charge on any atom is 0.324 e. The molecule has 27 heavy (non-hydrogen) atoms. The Hall–Kier alpha value is -2.50. The minimum atomic E-state index is -1.19. The van der Waals surface area contributed by atoms with Crippen molar-refractivity contribution >= 4 is 11.9 Å². The summed E-state index contributed by atoms with van der Waals surface area (Å²) < 4.78 is 11.6. The van der Waals surface area contributed by atoms with Crippen LogP contribution in [0.3, 0.4) is 0 Å². The molecule has 0 spiro atoms. The van der Waals surface area contributed by atoms with Gasteiger partial charge in [-0.15, -0.1) is 0 Å². The van der Waals surface area contributed by atoms with Gasteiger partial charge in [0.15, 0.2) is 0 Å². The number of ether oxygens (including phenoxy) is 2. The first-order chi connectivity index (χ1) is 12.9. The minimum Gasteiger partial charge on any atom is -0.392 e. The van der Waals surface area contributed by atoms with Crippen LogP contribution in [0.1, 0.15) is 42.0 Å². The van der Waals surface area contributed by atoms with Crippen molar-refractivity contribution in [3.05, 3.63) is 70.8 Å². The maximum atomic E-state index is 13.0. The van der Waals surface area contributed by atoms with E-state index in [9.17, 15) is 14.7 Å². The Morgan fingerprint density at radius 1 is 1.07 bits per heavy atom. The van der Waals surface area contributed by atoms with Crippen molar-refractivity contribution in [3.63, 3.8) is 0 Å². The van der Waals surface area contributed by atoms with E-state index in [4.69, 9.17) is 9.47 Å². The van der Waals surface area contributed by atoms with Gasteiger partial charge in [-0.3, -0.25) is 9.59 Å². The van der Waals surface area contributed by atoms with Crippen molar-refractivity contribution in [3.8, 4) is 0 Å². The van der Waals surface area contributed by atoms with Crippen LogP contribution in [0.25, 0.3) is 0 Å². The number of aliphatic hydroxyl groups excluding tert-OH is 1. The van der Waals surface area contributed by atoms with Gasteiger partial charge in [0.2, 0.25) is 0 Å². The zero-order valence-electron chi connectivity index (χ0n) is 15.1. The molecule has 1 fully saturated rings. The van der Waals surface area contributed by atoms with Crippen LogP contribution in [0.5, 0.6) is 0 Å². The minimum absolute atomic E-state index is 0.0388. The van der Waals surface area contributed by atoms with Gasteiger partial charge < -0.3 is 14.6 Å². The van der Waals surface area contributed by atoms with Crippen molar-refractivity contribution in [2.45, 2.75) is 31.5 Å². The number of carbonyl (C=O) groups is 2. The number of carbonyl (C=O) groups excluding carboxylic acids is 2. The third kappa shape index (κ3) is 1.76. The summed E-state index contributed by atoms with van der Waals surface area (Å²) in [7, 11) is 0. The lowest BCUT2D eigenvalue weighted by atomic mass is 9.46. The van der Waals surface area contributed by atoms with E-state index in [0.29, 0.717) is 0 Å². The summed E-state index contributed by atoms with van der Waals surface area (Å²) in [6.45, 7) is 3.45. The van der Waals surface area contributed by atoms with Gasteiger partial charge in [-0.2, -0.15) is 0 Å². The number of hydrogen-bond acceptors (Lipinski definition) is 5. The largest absolute Gasteiger partial charge is 0.392 e. The first-order valence-corrected chi connectivity index (χ1v) is 9.20. The van der Waals surface area contributed by atoms with Gasteiger partial charge >= 0.3 is 11.9 Å². The average Bonchev–Trinajstić information content (AvgIpc) is 2.90. The fourth-order valence-electron chi connectivity index (χ4n) is 5.42. The van der Waals surface area contributed by atoms with Crippen molar-refractivity contribution in [1.82, 2.24) is 0 Å². The molecule has 0 radical (unpaired) electrons. The highest BCUT2D eigenvalue weighted by molar-refractivity contribution is 6.03. The Kier molecular flexibility index (Phi) is 3.25. The van der Waals surface area contributed by atoms with Crippen molar-refractivity contribution < 1.29 is 24.2 Å². The van der Waals surface area contributed by atoms with Crippen molar-refractivity contribution in [2.75, 3.05) is 6.61 Å². The lowest BCUT2D eigenvalue weighted by Crippen LogP contribution is -2.62. The average molecular weight is 364 g/mol. The molecule has 0 amide bonds. The van der Waals surface area contributed by atoms with Crippen LogP contribution in [0.15, 0.2) is 48.5 Å². The normalized spacial score (nSPS) is 33.9. The van der Waals surface area contributed by atoms with Crippen LogP contribution in [0.2, 0.25) is 0 Å². The van der Waals surface area contributed by atoms with Crippen LogP contribution in [0.4, 0.5) is 0 Å². The predicted molar refractivity (Wildman–Crippen MR) is 95.8 cm³/mol. The number of rotatable bonds is 3. The van der Waals surface area contributed by atoms with Crippen LogP contribution in [-0.4, -0.2) is 29.8 Å².